The van der Waals surface area contributed by atoms with E-state index in [9.17, 15) is 9.18 Å². The van der Waals surface area contributed by atoms with E-state index in [1.54, 1.807) is 18.3 Å². The number of H-pyrrole nitrogens is 1. The molecule has 0 bridgehead atoms. The Hall–Kier alpha value is -2.17. The number of nitrogens with zero attached hydrogens (tertiary/aromatic N) is 2. The number of nitrogens with one attached hydrogen (secondary N) is 1. The number of aromatic amines is 1. The summed E-state index contributed by atoms with van der Waals surface area (Å²) >= 11 is 0. The fourth-order valence-corrected chi connectivity index (χ4v) is 3.28. The van der Waals surface area contributed by atoms with Crippen molar-refractivity contribution in [2.45, 2.75) is 32.6 Å². The van der Waals surface area contributed by atoms with E-state index in [0.717, 1.165) is 30.6 Å². The summed E-state index contributed by atoms with van der Waals surface area (Å²) in [6, 6.07) is 6.73. The molecule has 122 valence electrons. The molecular formula is C18H22FN3O. The van der Waals surface area contributed by atoms with Gasteiger partial charge in [-0.3, -0.25) is 9.89 Å². The second-order valence-corrected chi connectivity index (χ2v) is 6.46. The zero-order valence-corrected chi connectivity index (χ0v) is 13.6. The van der Waals surface area contributed by atoms with Crippen molar-refractivity contribution in [2.75, 3.05) is 13.1 Å². The van der Waals surface area contributed by atoms with Crippen molar-refractivity contribution in [3.63, 3.8) is 0 Å². The molecule has 1 saturated heterocycles. The highest BCUT2D eigenvalue weighted by atomic mass is 19.1. The Kier molecular flexibility index (Phi) is 4.46. The van der Waals surface area contributed by atoms with Crippen LogP contribution in [0.5, 0.6) is 0 Å². The number of aromatic nitrogens is 2. The molecule has 1 aromatic carbocycles. The largest absolute Gasteiger partial charge is 0.342 e. The summed E-state index contributed by atoms with van der Waals surface area (Å²) in [5.74, 6) is 0.104. The van der Waals surface area contributed by atoms with Crippen LogP contribution in [0.4, 0.5) is 4.39 Å². The fraction of sp³-hybridized carbons (Fsp3) is 0.444. The number of likely N-dealkylation sites (tertiary alicyclic amines) is 1. The van der Waals surface area contributed by atoms with Gasteiger partial charge in [-0.05, 0) is 18.9 Å². The van der Waals surface area contributed by atoms with Crippen LogP contribution in [0.3, 0.4) is 0 Å². The molecule has 2 heterocycles. The average molecular weight is 315 g/mol. The number of rotatable bonds is 3. The maximum atomic E-state index is 14.1. The van der Waals surface area contributed by atoms with Gasteiger partial charge in [-0.15, -0.1) is 0 Å². The van der Waals surface area contributed by atoms with E-state index in [-0.39, 0.29) is 23.6 Å². The lowest BCUT2D eigenvalue weighted by atomic mass is 9.90. The molecule has 1 fully saturated rings. The molecule has 2 aromatic rings. The Balaban J connectivity index is 1.87. The standard InChI is InChI=1S/C18H22FN3O/c1-12(2)18(23)22-9-5-6-13(11-22)17-15(10-20-21-17)14-7-3-4-8-16(14)19/h3-4,7-8,10,12-13H,5-6,9,11H2,1-2H3,(H,20,21). The summed E-state index contributed by atoms with van der Waals surface area (Å²) in [5, 5.41) is 7.16. The Labute approximate surface area is 135 Å². The van der Waals surface area contributed by atoms with Gasteiger partial charge in [0.1, 0.15) is 5.82 Å². The molecule has 0 spiro atoms. The highest BCUT2D eigenvalue weighted by molar-refractivity contribution is 5.78. The molecule has 0 aliphatic carbocycles. The predicted molar refractivity (Wildman–Crippen MR) is 87.4 cm³/mol. The van der Waals surface area contributed by atoms with Gasteiger partial charge in [0.05, 0.1) is 6.20 Å². The number of hydrogen-bond acceptors (Lipinski definition) is 2. The third-order valence-electron chi connectivity index (χ3n) is 4.47. The summed E-state index contributed by atoms with van der Waals surface area (Å²) in [6.07, 6.45) is 3.61. The smallest absolute Gasteiger partial charge is 0.225 e. The van der Waals surface area contributed by atoms with Gasteiger partial charge in [0.15, 0.2) is 0 Å². The minimum atomic E-state index is -0.249. The molecule has 0 radical (unpaired) electrons. The highest BCUT2D eigenvalue weighted by Crippen LogP contribution is 2.34. The van der Waals surface area contributed by atoms with Crippen molar-refractivity contribution < 1.29 is 9.18 Å². The molecule has 1 aromatic heterocycles. The maximum absolute atomic E-state index is 14.1. The van der Waals surface area contributed by atoms with E-state index < -0.39 is 0 Å². The van der Waals surface area contributed by atoms with Gasteiger partial charge < -0.3 is 4.90 Å². The molecule has 0 saturated carbocycles. The zero-order chi connectivity index (χ0) is 16.4. The number of hydrogen-bond donors (Lipinski definition) is 1. The molecular weight excluding hydrogens is 293 g/mol. The Morgan fingerprint density at radius 3 is 2.87 bits per heavy atom. The third-order valence-corrected chi connectivity index (χ3v) is 4.47. The van der Waals surface area contributed by atoms with Gasteiger partial charge in [0.25, 0.3) is 0 Å². The quantitative estimate of drug-likeness (QED) is 0.941. The Morgan fingerprint density at radius 2 is 2.13 bits per heavy atom. The minimum Gasteiger partial charge on any atom is -0.342 e. The van der Waals surface area contributed by atoms with Crippen molar-refractivity contribution in [3.8, 4) is 11.1 Å². The van der Waals surface area contributed by atoms with Crippen LogP contribution in [-0.2, 0) is 4.79 Å². The van der Waals surface area contributed by atoms with Crippen molar-refractivity contribution in [3.05, 3.63) is 42.0 Å². The summed E-state index contributed by atoms with van der Waals surface area (Å²) in [7, 11) is 0. The molecule has 1 aliphatic rings. The summed E-state index contributed by atoms with van der Waals surface area (Å²) < 4.78 is 14.1. The van der Waals surface area contributed by atoms with Gasteiger partial charge in [-0.2, -0.15) is 5.10 Å². The van der Waals surface area contributed by atoms with E-state index in [0.29, 0.717) is 12.1 Å². The molecule has 3 rings (SSSR count). The van der Waals surface area contributed by atoms with E-state index in [1.165, 1.54) is 6.07 Å². The van der Waals surface area contributed by atoms with Crippen LogP contribution in [0.2, 0.25) is 0 Å². The van der Waals surface area contributed by atoms with Gasteiger partial charge in [-0.1, -0.05) is 32.0 Å². The number of amides is 1. The minimum absolute atomic E-state index is 0.00144. The number of piperidine rings is 1. The highest BCUT2D eigenvalue weighted by Gasteiger charge is 2.29. The Bertz CT molecular complexity index is 695. The first-order valence-corrected chi connectivity index (χ1v) is 8.15. The zero-order valence-electron chi connectivity index (χ0n) is 13.6. The van der Waals surface area contributed by atoms with Gasteiger partial charge >= 0.3 is 0 Å². The van der Waals surface area contributed by atoms with Crippen molar-refractivity contribution in [1.82, 2.24) is 15.1 Å². The topological polar surface area (TPSA) is 49.0 Å². The Morgan fingerprint density at radius 1 is 1.35 bits per heavy atom. The van der Waals surface area contributed by atoms with Crippen LogP contribution < -0.4 is 0 Å². The van der Waals surface area contributed by atoms with E-state index in [2.05, 4.69) is 10.2 Å². The number of halogens is 1. The molecule has 1 aliphatic heterocycles. The SMILES string of the molecule is CC(C)C(=O)N1CCCC(c2[nH]ncc2-c2ccccc2F)C1. The lowest BCUT2D eigenvalue weighted by Gasteiger charge is -2.33. The first kappa shape index (κ1) is 15.7. The van der Waals surface area contributed by atoms with Crippen LogP contribution >= 0.6 is 0 Å². The van der Waals surface area contributed by atoms with Crippen molar-refractivity contribution >= 4 is 5.91 Å². The lowest BCUT2D eigenvalue weighted by molar-refractivity contribution is -0.135. The van der Waals surface area contributed by atoms with Gasteiger partial charge in [-0.25, -0.2) is 4.39 Å². The second-order valence-electron chi connectivity index (χ2n) is 6.46. The second kappa shape index (κ2) is 6.52. The third kappa shape index (κ3) is 3.14. The van der Waals surface area contributed by atoms with E-state index in [1.807, 2.05) is 24.8 Å². The maximum Gasteiger partial charge on any atom is 0.225 e. The number of carbonyl (C=O) groups excluding carboxylic acids is 1. The van der Waals surface area contributed by atoms with Crippen LogP contribution in [0.1, 0.15) is 38.3 Å². The van der Waals surface area contributed by atoms with E-state index in [4.69, 9.17) is 0 Å². The lowest BCUT2D eigenvalue weighted by Crippen LogP contribution is -2.41. The normalized spacial score (nSPS) is 18.4. The van der Waals surface area contributed by atoms with Crippen molar-refractivity contribution in [1.29, 1.82) is 0 Å². The fourth-order valence-electron chi connectivity index (χ4n) is 3.28. The molecule has 1 amide bonds. The molecule has 4 nitrogen and oxygen atoms in total. The molecule has 1 atom stereocenters. The number of carbonyl (C=O) groups is 1. The van der Waals surface area contributed by atoms with Crippen LogP contribution in [0.15, 0.2) is 30.5 Å². The first-order chi connectivity index (χ1) is 11.1. The monoisotopic (exact) mass is 315 g/mol. The van der Waals surface area contributed by atoms with Crippen LogP contribution in [0, 0.1) is 11.7 Å². The summed E-state index contributed by atoms with van der Waals surface area (Å²) in [6.45, 7) is 5.32. The number of benzene rings is 1. The van der Waals surface area contributed by atoms with Crippen LogP contribution in [0.25, 0.3) is 11.1 Å². The summed E-state index contributed by atoms with van der Waals surface area (Å²) in [5.41, 5.74) is 2.28. The molecule has 1 N–H and O–H groups in total. The molecule has 1 unspecified atom stereocenters. The van der Waals surface area contributed by atoms with E-state index >= 15 is 0 Å². The first-order valence-electron chi connectivity index (χ1n) is 8.15. The van der Waals surface area contributed by atoms with Gasteiger partial charge in [0.2, 0.25) is 5.91 Å². The molecule has 5 heteroatoms. The van der Waals surface area contributed by atoms with Gasteiger partial charge in [0, 0.05) is 41.7 Å². The predicted octanol–water partition coefficient (Wildman–Crippen LogP) is 3.58. The summed E-state index contributed by atoms with van der Waals surface area (Å²) in [4.78, 5) is 14.2. The van der Waals surface area contributed by atoms with Crippen LogP contribution in [-0.4, -0.2) is 34.1 Å². The van der Waals surface area contributed by atoms with Crippen molar-refractivity contribution in [2.24, 2.45) is 5.92 Å². The molecule has 23 heavy (non-hydrogen) atoms. The average Bonchev–Trinajstić information content (AvgIpc) is 3.04.